The molecule has 0 saturated heterocycles. The van der Waals surface area contributed by atoms with Crippen LogP contribution in [0.4, 0.5) is 0 Å². The van der Waals surface area contributed by atoms with E-state index in [1.807, 2.05) is 0 Å². The fraction of sp³-hybridized carbons (Fsp3) is 0.0833. The number of halogens is 1. The molecule has 0 aliphatic carbocycles. The van der Waals surface area contributed by atoms with Gasteiger partial charge in [-0.1, -0.05) is 22.0 Å². The van der Waals surface area contributed by atoms with Crippen LogP contribution in [0.5, 0.6) is 0 Å². The first kappa shape index (κ1) is 12.8. The fourth-order valence-electron chi connectivity index (χ4n) is 2.09. The maximum atomic E-state index is 12.2. The Kier molecular flexibility index (Phi) is 2.81. The Morgan fingerprint density at radius 3 is 2.74 bits per heavy atom. The molecule has 0 spiro atoms. The molecule has 98 valence electrons. The van der Waals surface area contributed by atoms with Crippen LogP contribution in [0.2, 0.25) is 0 Å². The van der Waals surface area contributed by atoms with E-state index in [-0.39, 0.29) is 15.5 Å². The second-order valence-electron chi connectivity index (χ2n) is 4.17. The smallest absolute Gasteiger partial charge is 0.345 e. The Balaban J connectivity index is 2.33. The molecule has 1 aromatic carbocycles. The SMILES string of the molecule is O=C(O)c1cc2c(s1)-c1ccc(Br)cc1S(=O)(=O)C2. The lowest BCUT2D eigenvalue weighted by Gasteiger charge is -2.16. The molecule has 7 heteroatoms. The van der Waals surface area contributed by atoms with Crippen LogP contribution in [0.15, 0.2) is 33.6 Å². The molecule has 0 radical (unpaired) electrons. The Hall–Kier alpha value is -1.18. The molecule has 2 heterocycles. The van der Waals surface area contributed by atoms with Crippen LogP contribution < -0.4 is 0 Å². The number of carbonyl (C=O) groups is 1. The summed E-state index contributed by atoms with van der Waals surface area (Å²) >= 11 is 4.37. The molecule has 1 aliphatic rings. The van der Waals surface area contributed by atoms with E-state index in [2.05, 4.69) is 15.9 Å². The van der Waals surface area contributed by atoms with Gasteiger partial charge in [-0.2, -0.15) is 0 Å². The summed E-state index contributed by atoms with van der Waals surface area (Å²) in [7, 11) is -3.41. The van der Waals surface area contributed by atoms with Crippen molar-refractivity contribution in [1.82, 2.24) is 0 Å². The minimum atomic E-state index is -3.41. The van der Waals surface area contributed by atoms with E-state index >= 15 is 0 Å². The van der Waals surface area contributed by atoms with Crippen molar-refractivity contribution in [1.29, 1.82) is 0 Å². The van der Waals surface area contributed by atoms with E-state index in [1.54, 1.807) is 18.2 Å². The third kappa shape index (κ3) is 2.01. The third-order valence-electron chi connectivity index (χ3n) is 2.89. The largest absolute Gasteiger partial charge is 0.477 e. The first-order valence-corrected chi connectivity index (χ1v) is 8.53. The highest BCUT2D eigenvalue weighted by Gasteiger charge is 2.30. The summed E-state index contributed by atoms with van der Waals surface area (Å²) in [6.07, 6.45) is 0. The summed E-state index contributed by atoms with van der Waals surface area (Å²) in [4.78, 5) is 12.2. The van der Waals surface area contributed by atoms with Crippen molar-refractivity contribution in [3.63, 3.8) is 0 Å². The van der Waals surface area contributed by atoms with E-state index in [4.69, 9.17) is 5.11 Å². The van der Waals surface area contributed by atoms with E-state index in [9.17, 15) is 13.2 Å². The first-order valence-electron chi connectivity index (χ1n) is 5.27. The topological polar surface area (TPSA) is 71.4 Å². The number of thiophene rings is 1. The predicted octanol–water partition coefficient (Wildman–Crippen LogP) is 3.16. The van der Waals surface area contributed by atoms with Gasteiger partial charge in [0.2, 0.25) is 0 Å². The molecular weight excluding hydrogens is 352 g/mol. The van der Waals surface area contributed by atoms with Gasteiger partial charge in [0, 0.05) is 14.9 Å². The van der Waals surface area contributed by atoms with Crippen molar-refractivity contribution >= 4 is 43.1 Å². The van der Waals surface area contributed by atoms with Gasteiger partial charge < -0.3 is 5.11 Å². The maximum Gasteiger partial charge on any atom is 0.345 e. The standard InChI is InChI=1S/C12H7BrO4S2/c13-7-1-2-8-10(4-7)19(16,17)5-6-3-9(12(14)15)18-11(6)8/h1-4H,5H2,(H,14,15). The highest BCUT2D eigenvalue weighted by molar-refractivity contribution is 9.10. The lowest BCUT2D eigenvalue weighted by atomic mass is 10.1. The average molecular weight is 359 g/mol. The van der Waals surface area contributed by atoms with Gasteiger partial charge in [-0.25, -0.2) is 13.2 Å². The second kappa shape index (κ2) is 4.16. The molecule has 1 N–H and O–H groups in total. The predicted molar refractivity (Wildman–Crippen MR) is 75.3 cm³/mol. The summed E-state index contributed by atoms with van der Waals surface area (Å²) in [5, 5.41) is 9.01. The number of carboxylic acids is 1. The van der Waals surface area contributed by atoms with Gasteiger partial charge in [0.25, 0.3) is 0 Å². The zero-order chi connectivity index (χ0) is 13.8. The minimum absolute atomic E-state index is 0.143. The van der Waals surface area contributed by atoms with Crippen molar-refractivity contribution in [2.45, 2.75) is 10.6 Å². The van der Waals surface area contributed by atoms with Gasteiger partial charge in [-0.15, -0.1) is 11.3 Å². The molecule has 4 nitrogen and oxygen atoms in total. The van der Waals surface area contributed by atoms with Crippen molar-refractivity contribution in [2.24, 2.45) is 0 Å². The lowest BCUT2D eigenvalue weighted by Crippen LogP contribution is -2.11. The number of carboxylic acid groups (broad SMARTS) is 1. The highest BCUT2D eigenvalue weighted by atomic mass is 79.9. The molecule has 2 aromatic rings. The zero-order valence-corrected chi connectivity index (χ0v) is 12.6. The average Bonchev–Trinajstić information content (AvgIpc) is 2.72. The van der Waals surface area contributed by atoms with Crippen molar-refractivity contribution in [2.75, 3.05) is 0 Å². The summed E-state index contributed by atoms with van der Waals surface area (Å²) in [6.45, 7) is 0. The first-order chi connectivity index (χ1) is 8.88. The van der Waals surface area contributed by atoms with Crippen molar-refractivity contribution < 1.29 is 18.3 Å². The third-order valence-corrected chi connectivity index (χ3v) is 6.28. The van der Waals surface area contributed by atoms with Crippen LogP contribution in [-0.2, 0) is 15.6 Å². The molecule has 1 aromatic heterocycles. The molecular formula is C12H7BrO4S2. The minimum Gasteiger partial charge on any atom is -0.477 e. The molecule has 1 aliphatic heterocycles. The van der Waals surface area contributed by atoms with Crippen LogP contribution in [0.25, 0.3) is 10.4 Å². The second-order valence-corrected chi connectivity index (χ2v) is 8.10. The number of hydrogen-bond acceptors (Lipinski definition) is 4. The molecule has 0 amide bonds. The van der Waals surface area contributed by atoms with Gasteiger partial charge in [-0.05, 0) is 23.8 Å². The monoisotopic (exact) mass is 358 g/mol. The number of benzene rings is 1. The van der Waals surface area contributed by atoms with Crippen LogP contribution in [0, 0.1) is 0 Å². The number of fused-ring (bicyclic) bond motifs is 3. The molecule has 19 heavy (non-hydrogen) atoms. The quantitative estimate of drug-likeness (QED) is 0.849. The summed E-state index contributed by atoms with van der Waals surface area (Å²) in [6, 6.07) is 6.47. The Morgan fingerprint density at radius 1 is 1.32 bits per heavy atom. The fourth-order valence-corrected chi connectivity index (χ4v) is 5.42. The van der Waals surface area contributed by atoms with Gasteiger partial charge in [-0.3, -0.25) is 0 Å². The number of hydrogen-bond donors (Lipinski definition) is 1. The van der Waals surface area contributed by atoms with E-state index < -0.39 is 15.8 Å². The van der Waals surface area contributed by atoms with Crippen LogP contribution in [-0.4, -0.2) is 19.5 Å². The van der Waals surface area contributed by atoms with Crippen molar-refractivity contribution in [3.8, 4) is 10.4 Å². The Morgan fingerprint density at radius 2 is 2.05 bits per heavy atom. The summed E-state index contributed by atoms with van der Waals surface area (Å²) < 4.78 is 25.1. The van der Waals surface area contributed by atoms with Gasteiger partial charge in [0.15, 0.2) is 9.84 Å². The lowest BCUT2D eigenvalue weighted by molar-refractivity contribution is 0.0702. The molecule has 0 fully saturated rings. The van der Waals surface area contributed by atoms with E-state index in [1.165, 1.54) is 6.07 Å². The van der Waals surface area contributed by atoms with Crippen LogP contribution in [0.1, 0.15) is 15.2 Å². The zero-order valence-electron chi connectivity index (χ0n) is 9.38. The highest BCUT2D eigenvalue weighted by Crippen LogP contribution is 2.43. The Labute approximate surface area is 121 Å². The molecule has 0 atom stereocenters. The van der Waals surface area contributed by atoms with E-state index in [0.717, 1.165) is 16.2 Å². The van der Waals surface area contributed by atoms with Gasteiger partial charge in [0.1, 0.15) is 4.88 Å². The summed E-state index contributed by atoms with van der Waals surface area (Å²) in [5.74, 6) is -1.18. The van der Waals surface area contributed by atoms with Crippen LogP contribution in [0.3, 0.4) is 0 Å². The summed E-state index contributed by atoms with van der Waals surface area (Å²) in [5.41, 5.74) is 1.15. The maximum absolute atomic E-state index is 12.2. The van der Waals surface area contributed by atoms with Gasteiger partial charge in [0.05, 0.1) is 10.6 Å². The molecule has 0 bridgehead atoms. The molecule has 0 unspecified atom stereocenters. The molecule has 3 rings (SSSR count). The molecule has 0 saturated carbocycles. The number of aromatic carboxylic acids is 1. The number of sulfone groups is 1. The van der Waals surface area contributed by atoms with Crippen molar-refractivity contribution in [3.05, 3.63) is 39.2 Å². The Bertz CT molecular complexity index is 805. The van der Waals surface area contributed by atoms with Crippen LogP contribution >= 0.6 is 27.3 Å². The number of rotatable bonds is 1. The normalized spacial score (nSPS) is 15.6. The van der Waals surface area contributed by atoms with E-state index in [0.29, 0.717) is 15.6 Å². The van der Waals surface area contributed by atoms with Gasteiger partial charge >= 0.3 is 5.97 Å².